The number of carbonyl (C=O) groups excluding carboxylic acids is 2. The highest BCUT2D eigenvalue weighted by molar-refractivity contribution is 9.10. The number of hydrogen-bond acceptors (Lipinski definition) is 2. The molecule has 2 amide bonds. The first-order chi connectivity index (χ1) is 10.5. The van der Waals surface area contributed by atoms with Crippen molar-refractivity contribution in [3.05, 3.63) is 52.3 Å². The molecule has 0 bridgehead atoms. The fourth-order valence-electron chi connectivity index (χ4n) is 1.77. The predicted octanol–water partition coefficient (Wildman–Crippen LogP) is 3.30. The molecule has 0 aliphatic rings. The molecular formula is C16H18BrN3O2. The summed E-state index contributed by atoms with van der Waals surface area (Å²) in [5.41, 5.74) is 2.22. The van der Waals surface area contributed by atoms with Crippen LogP contribution in [0, 0.1) is 5.92 Å². The van der Waals surface area contributed by atoms with Crippen molar-refractivity contribution in [3.63, 3.8) is 0 Å². The van der Waals surface area contributed by atoms with Crippen LogP contribution in [0.4, 0.5) is 5.69 Å². The van der Waals surface area contributed by atoms with Crippen molar-refractivity contribution in [3.8, 4) is 0 Å². The minimum atomic E-state index is -0.164. The summed E-state index contributed by atoms with van der Waals surface area (Å²) in [5.74, 6) is -0.236. The highest BCUT2D eigenvalue weighted by atomic mass is 79.9. The van der Waals surface area contributed by atoms with Gasteiger partial charge in [0.25, 0.3) is 5.91 Å². The van der Waals surface area contributed by atoms with Crippen molar-refractivity contribution in [2.75, 3.05) is 5.32 Å². The Labute approximate surface area is 137 Å². The van der Waals surface area contributed by atoms with Gasteiger partial charge in [0, 0.05) is 28.8 Å². The summed E-state index contributed by atoms with van der Waals surface area (Å²) in [6, 6.07) is 9.13. The minimum Gasteiger partial charge on any atom is -0.356 e. The van der Waals surface area contributed by atoms with Crippen LogP contribution in [0.25, 0.3) is 0 Å². The van der Waals surface area contributed by atoms with Gasteiger partial charge in [0.2, 0.25) is 5.91 Å². The topological polar surface area (TPSA) is 74.0 Å². The lowest BCUT2D eigenvalue weighted by molar-refractivity contribution is -0.118. The van der Waals surface area contributed by atoms with Crippen LogP contribution >= 0.6 is 15.9 Å². The van der Waals surface area contributed by atoms with E-state index in [9.17, 15) is 9.59 Å². The molecule has 116 valence electrons. The van der Waals surface area contributed by atoms with Crippen LogP contribution in [-0.2, 0) is 11.3 Å². The van der Waals surface area contributed by atoms with Crippen LogP contribution in [0.1, 0.15) is 29.9 Å². The van der Waals surface area contributed by atoms with E-state index in [1.807, 2.05) is 38.1 Å². The highest BCUT2D eigenvalue weighted by Gasteiger charge is 2.08. The van der Waals surface area contributed by atoms with Crippen molar-refractivity contribution < 1.29 is 9.59 Å². The Morgan fingerprint density at radius 1 is 1.23 bits per heavy atom. The van der Waals surface area contributed by atoms with E-state index in [0.717, 1.165) is 15.7 Å². The van der Waals surface area contributed by atoms with Gasteiger partial charge in [-0.25, -0.2) is 0 Å². The molecule has 0 saturated carbocycles. The molecular weight excluding hydrogens is 346 g/mol. The molecule has 0 atom stereocenters. The van der Waals surface area contributed by atoms with Crippen molar-refractivity contribution in [1.82, 2.24) is 10.3 Å². The van der Waals surface area contributed by atoms with Crippen LogP contribution < -0.4 is 10.6 Å². The summed E-state index contributed by atoms with van der Waals surface area (Å²) >= 11 is 3.29. The molecule has 5 nitrogen and oxygen atoms in total. The largest absolute Gasteiger partial charge is 0.356 e. The van der Waals surface area contributed by atoms with Gasteiger partial charge in [0.1, 0.15) is 5.69 Å². The second kappa shape index (κ2) is 7.26. The monoisotopic (exact) mass is 363 g/mol. The molecule has 0 fully saturated rings. The number of aromatic amines is 1. The Bertz CT molecular complexity index is 662. The molecule has 3 N–H and O–H groups in total. The lowest BCUT2D eigenvalue weighted by Crippen LogP contribution is -2.23. The molecule has 0 spiro atoms. The van der Waals surface area contributed by atoms with Crippen LogP contribution in [-0.4, -0.2) is 16.8 Å². The maximum Gasteiger partial charge on any atom is 0.267 e. The zero-order chi connectivity index (χ0) is 16.1. The number of carbonyl (C=O) groups is 2. The third-order valence-corrected chi connectivity index (χ3v) is 3.55. The van der Waals surface area contributed by atoms with Gasteiger partial charge in [-0.05, 0) is 39.7 Å². The summed E-state index contributed by atoms with van der Waals surface area (Å²) in [5, 5.41) is 5.65. The maximum absolute atomic E-state index is 11.9. The van der Waals surface area contributed by atoms with E-state index in [1.54, 1.807) is 12.3 Å². The zero-order valence-corrected chi connectivity index (χ0v) is 14.0. The summed E-state index contributed by atoms with van der Waals surface area (Å²) < 4.78 is 0.836. The molecule has 1 aromatic heterocycles. The maximum atomic E-state index is 11.9. The number of halogens is 1. The van der Waals surface area contributed by atoms with Crippen LogP contribution in [0.3, 0.4) is 0 Å². The van der Waals surface area contributed by atoms with Gasteiger partial charge in [-0.2, -0.15) is 0 Å². The summed E-state index contributed by atoms with van der Waals surface area (Å²) in [7, 11) is 0. The third kappa shape index (κ3) is 4.46. The first-order valence-corrected chi connectivity index (χ1v) is 7.77. The van der Waals surface area contributed by atoms with Gasteiger partial charge in [0.15, 0.2) is 0 Å². The summed E-state index contributed by atoms with van der Waals surface area (Å²) in [4.78, 5) is 26.4. The molecule has 1 heterocycles. The number of anilines is 1. The Morgan fingerprint density at radius 3 is 2.45 bits per heavy atom. The smallest absolute Gasteiger partial charge is 0.267 e. The Morgan fingerprint density at radius 2 is 1.91 bits per heavy atom. The Balaban J connectivity index is 1.89. The lowest BCUT2D eigenvalue weighted by atomic mass is 10.1. The van der Waals surface area contributed by atoms with E-state index in [2.05, 4.69) is 31.5 Å². The molecule has 0 unspecified atom stereocenters. The predicted molar refractivity (Wildman–Crippen MR) is 89.6 cm³/mol. The molecule has 1 aromatic carbocycles. The standard InChI is InChI=1S/C16H18BrN3O2/c1-10(2)15(21)20-13-5-3-11(4-6-13)8-19-16(22)14-7-12(17)9-18-14/h3-7,9-10,18H,8H2,1-2H3,(H,19,22)(H,20,21). The van der Waals surface area contributed by atoms with Crippen molar-refractivity contribution >= 4 is 33.4 Å². The molecule has 0 aliphatic carbocycles. The minimum absolute atomic E-state index is 0.0154. The van der Waals surface area contributed by atoms with Crippen molar-refractivity contribution in [2.45, 2.75) is 20.4 Å². The fourth-order valence-corrected chi connectivity index (χ4v) is 2.11. The normalized spacial score (nSPS) is 10.5. The Kier molecular flexibility index (Phi) is 5.38. The van der Waals surface area contributed by atoms with Crippen LogP contribution in [0.2, 0.25) is 0 Å². The number of rotatable bonds is 5. The second-order valence-corrected chi connectivity index (χ2v) is 6.17. The molecule has 2 aromatic rings. The average Bonchev–Trinajstić information content (AvgIpc) is 2.92. The third-order valence-electron chi connectivity index (χ3n) is 3.09. The van der Waals surface area contributed by atoms with Gasteiger partial charge in [-0.1, -0.05) is 26.0 Å². The first-order valence-electron chi connectivity index (χ1n) is 6.97. The fraction of sp³-hybridized carbons (Fsp3) is 0.250. The van der Waals surface area contributed by atoms with Gasteiger partial charge in [-0.3, -0.25) is 9.59 Å². The van der Waals surface area contributed by atoms with E-state index in [4.69, 9.17) is 0 Å². The van der Waals surface area contributed by atoms with Crippen LogP contribution in [0.15, 0.2) is 41.0 Å². The molecule has 0 aliphatic heterocycles. The molecule has 0 saturated heterocycles. The number of H-pyrrole nitrogens is 1. The van der Waals surface area contributed by atoms with E-state index < -0.39 is 0 Å². The second-order valence-electron chi connectivity index (χ2n) is 5.26. The van der Waals surface area contributed by atoms with Crippen LogP contribution in [0.5, 0.6) is 0 Å². The number of hydrogen-bond donors (Lipinski definition) is 3. The summed E-state index contributed by atoms with van der Waals surface area (Å²) in [6.45, 7) is 4.12. The van der Waals surface area contributed by atoms with E-state index in [-0.39, 0.29) is 17.7 Å². The van der Waals surface area contributed by atoms with Gasteiger partial charge < -0.3 is 15.6 Å². The number of benzene rings is 1. The lowest BCUT2D eigenvalue weighted by Gasteiger charge is -2.09. The summed E-state index contributed by atoms with van der Waals surface area (Å²) in [6.07, 6.45) is 1.71. The number of aromatic nitrogens is 1. The SMILES string of the molecule is CC(C)C(=O)Nc1ccc(CNC(=O)c2cc(Br)c[nH]2)cc1. The van der Waals surface area contributed by atoms with E-state index in [1.165, 1.54) is 0 Å². The van der Waals surface area contributed by atoms with E-state index >= 15 is 0 Å². The quantitative estimate of drug-likeness (QED) is 0.762. The van der Waals surface area contributed by atoms with Crippen molar-refractivity contribution in [1.29, 1.82) is 0 Å². The van der Waals surface area contributed by atoms with Gasteiger partial charge in [0.05, 0.1) is 0 Å². The molecule has 22 heavy (non-hydrogen) atoms. The Hall–Kier alpha value is -2.08. The zero-order valence-electron chi connectivity index (χ0n) is 12.4. The average molecular weight is 364 g/mol. The molecule has 2 rings (SSSR count). The van der Waals surface area contributed by atoms with E-state index in [0.29, 0.717) is 12.2 Å². The highest BCUT2D eigenvalue weighted by Crippen LogP contribution is 2.12. The number of nitrogens with one attached hydrogen (secondary N) is 3. The first kappa shape index (κ1) is 16.3. The van der Waals surface area contributed by atoms with Gasteiger partial charge in [-0.15, -0.1) is 0 Å². The molecule has 0 radical (unpaired) electrons. The van der Waals surface area contributed by atoms with Gasteiger partial charge >= 0.3 is 0 Å². The van der Waals surface area contributed by atoms with Crippen molar-refractivity contribution in [2.24, 2.45) is 5.92 Å². The molecule has 6 heteroatoms. The number of amides is 2.